The largest absolute Gasteiger partial charge is 0.497 e. The van der Waals surface area contributed by atoms with E-state index in [1.54, 1.807) is 7.11 Å². The van der Waals surface area contributed by atoms with E-state index in [-0.39, 0.29) is 5.91 Å². The van der Waals surface area contributed by atoms with Crippen LogP contribution in [0.15, 0.2) is 54.6 Å². The molecule has 3 atom stereocenters. The van der Waals surface area contributed by atoms with Gasteiger partial charge in [-0.25, -0.2) is 0 Å². The van der Waals surface area contributed by atoms with Gasteiger partial charge in [-0.3, -0.25) is 4.79 Å². The minimum absolute atomic E-state index is 0.128. The van der Waals surface area contributed by atoms with Crippen molar-refractivity contribution in [2.75, 3.05) is 13.7 Å². The van der Waals surface area contributed by atoms with Gasteiger partial charge >= 0.3 is 0 Å². The molecule has 0 aromatic heterocycles. The van der Waals surface area contributed by atoms with Gasteiger partial charge in [-0.15, -0.1) is 0 Å². The van der Waals surface area contributed by atoms with E-state index in [9.17, 15) is 4.79 Å². The lowest BCUT2D eigenvalue weighted by molar-refractivity contribution is -0.122. The van der Waals surface area contributed by atoms with Crippen LogP contribution in [-0.2, 0) is 4.79 Å². The summed E-state index contributed by atoms with van der Waals surface area (Å²) in [6, 6.07) is 17.3. The summed E-state index contributed by atoms with van der Waals surface area (Å²) in [6.45, 7) is 0.694. The second kappa shape index (κ2) is 8.17. The molecule has 3 unspecified atom stereocenters. The van der Waals surface area contributed by atoms with Crippen molar-refractivity contribution in [1.82, 2.24) is 5.32 Å². The number of nitrogens with two attached hydrogens (primary N) is 1. The van der Waals surface area contributed by atoms with Crippen LogP contribution in [0.25, 0.3) is 0 Å². The van der Waals surface area contributed by atoms with Gasteiger partial charge in [0.05, 0.1) is 7.11 Å². The zero-order chi connectivity index (χ0) is 17.6. The minimum Gasteiger partial charge on any atom is -0.497 e. The summed E-state index contributed by atoms with van der Waals surface area (Å²) in [7, 11) is 1.61. The van der Waals surface area contributed by atoms with Gasteiger partial charge in [0.15, 0.2) is 0 Å². The third-order valence-corrected chi connectivity index (χ3v) is 5.11. The van der Waals surface area contributed by atoms with Gasteiger partial charge in [0.1, 0.15) is 11.8 Å². The number of carbonyl (C=O) groups excluding carboxylic acids is 1. The number of amides is 1. The van der Waals surface area contributed by atoms with Gasteiger partial charge in [-0.05, 0) is 54.4 Å². The van der Waals surface area contributed by atoms with Crippen LogP contribution in [0.1, 0.15) is 42.3 Å². The zero-order valence-corrected chi connectivity index (χ0v) is 14.7. The van der Waals surface area contributed by atoms with E-state index >= 15 is 0 Å². The molecule has 0 aliphatic heterocycles. The Morgan fingerprint density at radius 3 is 2.76 bits per heavy atom. The third-order valence-electron chi connectivity index (χ3n) is 5.11. The maximum Gasteiger partial charge on any atom is 0.241 e. The van der Waals surface area contributed by atoms with Gasteiger partial charge in [0.2, 0.25) is 5.91 Å². The van der Waals surface area contributed by atoms with Crippen molar-refractivity contribution in [3.63, 3.8) is 0 Å². The number of methoxy groups -OCH3 is 1. The van der Waals surface area contributed by atoms with E-state index in [4.69, 9.17) is 10.5 Å². The quantitative estimate of drug-likeness (QED) is 0.848. The second-order valence-electron chi connectivity index (χ2n) is 6.79. The first-order chi connectivity index (χ1) is 12.2. The molecule has 1 aliphatic carbocycles. The van der Waals surface area contributed by atoms with Crippen LogP contribution in [0.4, 0.5) is 0 Å². The molecule has 3 N–H and O–H groups in total. The summed E-state index contributed by atoms with van der Waals surface area (Å²) < 4.78 is 5.19. The van der Waals surface area contributed by atoms with Crippen molar-refractivity contribution in [3.05, 3.63) is 65.7 Å². The fourth-order valence-corrected chi connectivity index (χ4v) is 3.63. The van der Waals surface area contributed by atoms with Crippen molar-refractivity contribution < 1.29 is 9.53 Å². The van der Waals surface area contributed by atoms with Crippen molar-refractivity contribution in [2.24, 2.45) is 11.7 Å². The molecule has 2 aromatic rings. The van der Waals surface area contributed by atoms with Gasteiger partial charge in [0, 0.05) is 6.54 Å². The van der Waals surface area contributed by atoms with Crippen LogP contribution in [-0.4, -0.2) is 19.6 Å². The highest BCUT2D eigenvalue weighted by molar-refractivity contribution is 5.83. The number of hydrogen-bond donors (Lipinski definition) is 2. The number of ether oxygens (including phenoxy) is 1. The predicted octanol–water partition coefficient (Wildman–Crippen LogP) is 3.40. The van der Waals surface area contributed by atoms with Crippen LogP contribution in [0.5, 0.6) is 5.75 Å². The Bertz CT molecular complexity index is 702. The van der Waals surface area contributed by atoms with E-state index in [0.29, 0.717) is 24.1 Å². The lowest BCUT2D eigenvalue weighted by Gasteiger charge is -2.16. The molecule has 1 fully saturated rings. The molecule has 1 amide bonds. The van der Waals surface area contributed by atoms with Gasteiger partial charge < -0.3 is 15.8 Å². The SMILES string of the molecule is COc1cccc(C(N)C(=O)NCC2CCC(c3ccccc3)C2)c1. The first-order valence-electron chi connectivity index (χ1n) is 8.89. The standard InChI is InChI=1S/C21H26N2O2/c1-25-19-9-5-8-18(13-19)20(22)21(24)23-14-15-10-11-17(12-15)16-6-3-2-4-7-16/h2-9,13,15,17,20H,10-12,14,22H2,1H3,(H,23,24). The molecule has 0 radical (unpaired) electrons. The van der Waals surface area contributed by atoms with Crippen molar-refractivity contribution in [3.8, 4) is 5.75 Å². The molecule has 1 saturated carbocycles. The molecule has 0 spiro atoms. The fraction of sp³-hybridized carbons (Fsp3) is 0.381. The molecule has 4 nitrogen and oxygen atoms in total. The fourth-order valence-electron chi connectivity index (χ4n) is 3.63. The summed E-state index contributed by atoms with van der Waals surface area (Å²) in [5.41, 5.74) is 8.27. The summed E-state index contributed by atoms with van der Waals surface area (Å²) >= 11 is 0. The maximum atomic E-state index is 12.4. The topological polar surface area (TPSA) is 64.3 Å². The number of hydrogen-bond acceptors (Lipinski definition) is 3. The molecule has 0 bridgehead atoms. The van der Waals surface area contributed by atoms with E-state index < -0.39 is 6.04 Å². The Balaban J connectivity index is 1.51. The molecule has 1 aliphatic rings. The average Bonchev–Trinajstić information content (AvgIpc) is 3.15. The van der Waals surface area contributed by atoms with Gasteiger partial charge in [0.25, 0.3) is 0 Å². The molecule has 3 rings (SSSR count). The Kier molecular flexibility index (Phi) is 5.71. The molecular weight excluding hydrogens is 312 g/mol. The first-order valence-corrected chi connectivity index (χ1v) is 8.89. The highest BCUT2D eigenvalue weighted by Gasteiger charge is 2.26. The van der Waals surface area contributed by atoms with Crippen LogP contribution in [0.3, 0.4) is 0 Å². The normalized spacial score (nSPS) is 20.9. The smallest absolute Gasteiger partial charge is 0.241 e. The molecule has 2 aromatic carbocycles. The number of carbonyl (C=O) groups is 1. The van der Waals surface area contributed by atoms with Gasteiger partial charge in [-0.1, -0.05) is 42.5 Å². The lowest BCUT2D eigenvalue weighted by atomic mass is 9.96. The number of benzene rings is 2. The Morgan fingerprint density at radius 2 is 2.00 bits per heavy atom. The zero-order valence-electron chi connectivity index (χ0n) is 14.7. The molecular formula is C21H26N2O2. The van der Waals surface area contributed by atoms with Crippen molar-refractivity contribution >= 4 is 5.91 Å². The van der Waals surface area contributed by atoms with Gasteiger partial charge in [-0.2, -0.15) is 0 Å². The van der Waals surface area contributed by atoms with E-state index in [1.165, 1.54) is 12.0 Å². The average molecular weight is 338 g/mol. The molecule has 25 heavy (non-hydrogen) atoms. The van der Waals surface area contributed by atoms with Crippen LogP contribution >= 0.6 is 0 Å². The highest BCUT2D eigenvalue weighted by atomic mass is 16.5. The Morgan fingerprint density at radius 1 is 1.20 bits per heavy atom. The predicted molar refractivity (Wildman–Crippen MR) is 99.5 cm³/mol. The molecule has 0 saturated heterocycles. The number of rotatable bonds is 6. The van der Waals surface area contributed by atoms with E-state index in [1.807, 2.05) is 24.3 Å². The maximum absolute atomic E-state index is 12.4. The second-order valence-corrected chi connectivity index (χ2v) is 6.79. The summed E-state index contributed by atoms with van der Waals surface area (Å²) in [4.78, 5) is 12.4. The highest BCUT2D eigenvalue weighted by Crippen LogP contribution is 2.37. The third kappa shape index (κ3) is 4.40. The van der Waals surface area contributed by atoms with Crippen molar-refractivity contribution in [1.29, 1.82) is 0 Å². The minimum atomic E-state index is -0.665. The summed E-state index contributed by atoms with van der Waals surface area (Å²) in [5, 5.41) is 3.03. The van der Waals surface area contributed by atoms with Crippen LogP contribution in [0.2, 0.25) is 0 Å². The van der Waals surface area contributed by atoms with E-state index in [2.05, 4.69) is 35.6 Å². The van der Waals surface area contributed by atoms with Crippen molar-refractivity contribution in [2.45, 2.75) is 31.2 Å². The van der Waals surface area contributed by atoms with E-state index in [0.717, 1.165) is 18.4 Å². The van der Waals surface area contributed by atoms with Crippen LogP contribution < -0.4 is 15.8 Å². The Hall–Kier alpha value is -2.33. The molecule has 0 heterocycles. The molecule has 4 heteroatoms. The summed E-state index contributed by atoms with van der Waals surface area (Å²) in [6.07, 6.45) is 3.46. The monoisotopic (exact) mass is 338 g/mol. The summed E-state index contributed by atoms with van der Waals surface area (Å²) in [5.74, 6) is 1.71. The number of nitrogens with one attached hydrogen (secondary N) is 1. The molecule has 132 valence electrons. The van der Waals surface area contributed by atoms with Crippen LogP contribution in [0, 0.1) is 5.92 Å². The first kappa shape index (κ1) is 17.5. The Labute approximate surface area is 149 Å². The lowest BCUT2D eigenvalue weighted by Crippen LogP contribution is -2.36.